The fourth-order valence-electron chi connectivity index (χ4n) is 1.50. The number of nitrogens with one attached hydrogen (secondary N) is 1. The van der Waals surface area contributed by atoms with Gasteiger partial charge < -0.3 is 5.32 Å². The lowest BCUT2D eigenvalue weighted by Gasteiger charge is -2.01. The van der Waals surface area contributed by atoms with Crippen LogP contribution in [0.1, 0.15) is 11.1 Å². The first kappa shape index (κ1) is 13.0. The summed E-state index contributed by atoms with van der Waals surface area (Å²) in [4.78, 5) is 15.5. The second kappa shape index (κ2) is 6.44. The molecule has 4 heteroatoms. The quantitative estimate of drug-likeness (QED) is 0.854. The van der Waals surface area contributed by atoms with Crippen LogP contribution in [0.2, 0.25) is 0 Å². The van der Waals surface area contributed by atoms with Crippen molar-refractivity contribution in [2.24, 2.45) is 0 Å². The Balaban J connectivity index is 1.86. The molecule has 0 radical (unpaired) electrons. The van der Waals surface area contributed by atoms with E-state index < -0.39 is 0 Å². The van der Waals surface area contributed by atoms with E-state index in [2.05, 4.69) is 10.3 Å². The smallest absolute Gasteiger partial charge is 0.244 e. The molecular formula is C15H13FN2O. The van der Waals surface area contributed by atoms with Gasteiger partial charge in [-0.05, 0) is 35.4 Å². The summed E-state index contributed by atoms with van der Waals surface area (Å²) in [6.45, 7) is 0.431. The van der Waals surface area contributed by atoms with Gasteiger partial charge in [0.15, 0.2) is 0 Å². The molecule has 0 aliphatic rings. The zero-order valence-electron chi connectivity index (χ0n) is 10.2. The van der Waals surface area contributed by atoms with Crippen LogP contribution in [-0.4, -0.2) is 10.9 Å². The van der Waals surface area contributed by atoms with E-state index in [1.54, 1.807) is 30.6 Å². The lowest BCUT2D eigenvalue weighted by atomic mass is 10.2. The average molecular weight is 256 g/mol. The van der Waals surface area contributed by atoms with Gasteiger partial charge in [-0.1, -0.05) is 18.2 Å². The first-order valence-electron chi connectivity index (χ1n) is 5.84. The van der Waals surface area contributed by atoms with Crippen LogP contribution < -0.4 is 5.32 Å². The summed E-state index contributed by atoms with van der Waals surface area (Å²) in [6.07, 6.45) is 6.44. The number of aromatic nitrogens is 1. The van der Waals surface area contributed by atoms with Crippen molar-refractivity contribution in [3.05, 3.63) is 71.8 Å². The molecule has 0 bridgehead atoms. The Morgan fingerprint density at radius 2 is 2.05 bits per heavy atom. The molecule has 2 aromatic rings. The van der Waals surface area contributed by atoms with Gasteiger partial charge >= 0.3 is 0 Å². The molecule has 0 saturated carbocycles. The Hall–Kier alpha value is -2.49. The zero-order chi connectivity index (χ0) is 13.5. The highest BCUT2D eigenvalue weighted by Crippen LogP contribution is 2.04. The topological polar surface area (TPSA) is 42.0 Å². The summed E-state index contributed by atoms with van der Waals surface area (Å²) >= 11 is 0. The number of carbonyl (C=O) groups excluding carboxylic acids is 1. The van der Waals surface area contributed by atoms with Crippen molar-refractivity contribution in [2.45, 2.75) is 6.54 Å². The van der Waals surface area contributed by atoms with E-state index in [4.69, 9.17) is 0 Å². The number of halogens is 1. The number of benzene rings is 1. The molecule has 96 valence electrons. The van der Waals surface area contributed by atoms with Gasteiger partial charge in [0.05, 0.1) is 0 Å². The molecule has 0 saturated heterocycles. The number of hydrogen-bond donors (Lipinski definition) is 1. The van der Waals surface area contributed by atoms with Crippen molar-refractivity contribution in [1.29, 1.82) is 0 Å². The average Bonchev–Trinajstić information content (AvgIpc) is 2.45. The third kappa shape index (κ3) is 4.35. The van der Waals surface area contributed by atoms with E-state index in [9.17, 15) is 9.18 Å². The van der Waals surface area contributed by atoms with E-state index >= 15 is 0 Å². The number of pyridine rings is 1. The van der Waals surface area contributed by atoms with Crippen LogP contribution in [0.5, 0.6) is 0 Å². The fourth-order valence-corrected chi connectivity index (χ4v) is 1.50. The molecule has 1 aromatic heterocycles. The van der Waals surface area contributed by atoms with E-state index in [-0.39, 0.29) is 11.7 Å². The predicted octanol–water partition coefficient (Wildman–Crippen LogP) is 2.55. The first-order chi connectivity index (χ1) is 9.24. The predicted molar refractivity (Wildman–Crippen MR) is 71.5 cm³/mol. The van der Waals surface area contributed by atoms with Crippen LogP contribution in [0.15, 0.2) is 54.9 Å². The minimum Gasteiger partial charge on any atom is -0.348 e. The van der Waals surface area contributed by atoms with E-state index in [0.29, 0.717) is 6.54 Å². The summed E-state index contributed by atoms with van der Waals surface area (Å²) in [7, 11) is 0. The fraction of sp³-hybridized carbons (Fsp3) is 0.0667. The maximum atomic E-state index is 12.7. The molecule has 0 fully saturated rings. The number of amides is 1. The second-order valence-electron chi connectivity index (χ2n) is 3.96. The normalized spacial score (nSPS) is 10.6. The zero-order valence-corrected chi connectivity index (χ0v) is 10.2. The molecular weight excluding hydrogens is 243 g/mol. The summed E-state index contributed by atoms with van der Waals surface area (Å²) in [5.74, 6) is -0.494. The Morgan fingerprint density at radius 1 is 1.26 bits per heavy atom. The molecule has 1 heterocycles. The van der Waals surface area contributed by atoms with Crippen molar-refractivity contribution < 1.29 is 9.18 Å². The van der Waals surface area contributed by atoms with Gasteiger partial charge in [0, 0.05) is 25.0 Å². The van der Waals surface area contributed by atoms with Gasteiger partial charge in [-0.25, -0.2) is 4.39 Å². The highest BCUT2D eigenvalue weighted by atomic mass is 19.1. The molecule has 2 rings (SSSR count). The summed E-state index contributed by atoms with van der Waals surface area (Å²) in [5.41, 5.74) is 1.71. The first-order valence-corrected chi connectivity index (χ1v) is 5.84. The highest BCUT2D eigenvalue weighted by molar-refractivity contribution is 5.91. The monoisotopic (exact) mass is 256 g/mol. The molecule has 3 nitrogen and oxygen atoms in total. The SMILES string of the molecule is O=C(/C=C/c1ccc(F)cc1)NCc1cccnc1. The molecule has 1 aromatic carbocycles. The van der Waals surface area contributed by atoms with Crippen molar-refractivity contribution in [1.82, 2.24) is 10.3 Å². The Kier molecular flexibility index (Phi) is 4.39. The second-order valence-corrected chi connectivity index (χ2v) is 3.96. The summed E-state index contributed by atoms with van der Waals surface area (Å²) < 4.78 is 12.7. The highest BCUT2D eigenvalue weighted by Gasteiger charge is 1.96. The van der Waals surface area contributed by atoms with E-state index in [1.165, 1.54) is 18.2 Å². The van der Waals surface area contributed by atoms with Crippen molar-refractivity contribution >= 4 is 12.0 Å². The number of hydrogen-bond acceptors (Lipinski definition) is 2. The molecule has 19 heavy (non-hydrogen) atoms. The molecule has 0 aliphatic carbocycles. The van der Waals surface area contributed by atoms with Crippen LogP contribution in [0.3, 0.4) is 0 Å². The van der Waals surface area contributed by atoms with Crippen molar-refractivity contribution in [3.8, 4) is 0 Å². The van der Waals surface area contributed by atoms with Gasteiger partial charge in [-0.2, -0.15) is 0 Å². The Bertz CT molecular complexity index is 564. The maximum Gasteiger partial charge on any atom is 0.244 e. The minimum atomic E-state index is -0.293. The van der Waals surface area contributed by atoms with Crippen LogP contribution in [0, 0.1) is 5.82 Å². The summed E-state index contributed by atoms with van der Waals surface area (Å²) in [5, 5.41) is 2.74. The van der Waals surface area contributed by atoms with Gasteiger partial charge in [-0.15, -0.1) is 0 Å². The standard InChI is InChI=1S/C15H13FN2O/c16-14-6-3-12(4-7-14)5-8-15(19)18-11-13-2-1-9-17-10-13/h1-10H,11H2,(H,18,19)/b8-5+. The molecule has 1 amide bonds. The molecule has 0 atom stereocenters. The van der Waals surface area contributed by atoms with Crippen LogP contribution >= 0.6 is 0 Å². The molecule has 0 unspecified atom stereocenters. The van der Waals surface area contributed by atoms with E-state index in [1.807, 2.05) is 12.1 Å². The van der Waals surface area contributed by atoms with Gasteiger partial charge in [0.1, 0.15) is 5.82 Å². The Morgan fingerprint density at radius 3 is 2.74 bits per heavy atom. The minimum absolute atomic E-state index is 0.201. The lowest BCUT2D eigenvalue weighted by molar-refractivity contribution is -0.116. The number of nitrogens with zero attached hydrogens (tertiary/aromatic N) is 1. The van der Waals surface area contributed by atoms with E-state index in [0.717, 1.165) is 11.1 Å². The Labute approximate surface area is 110 Å². The third-order valence-electron chi connectivity index (χ3n) is 2.49. The van der Waals surface area contributed by atoms with Crippen LogP contribution in [-0.2, 0) is 11.3 Å². The molecule has 1 N–H and O–H groups in total. The number of rotatable bonds is 4. The molecule has 0 aliphatic heterocycles. The van der Waals surface area contributed by atoms with Crippen molar-refractivity contribution in [3.63, 3.8) is 0 Å². The maximum absolute atomic E-state index is 12.7. The number of carbonyl (C=O) groups is 1. The summed E-state index contributed by atoms with van der Waals surface area (Å²) in [6, 6.07) is 9.63. The van der Waals surface area contributed by atoms with Gasteiger partial charge in [0.25, 0.3) is 0 Å². The third-order valence-corrected chi connectivity index (χ3v) is 2.49. The van der Waals surface area contributed by atoms with Crippen LogP contribution in [0.25, 0.3) is 6.08 Å². The lowest BCUT2D eigenvalue weighted by Crippen LogP contribution is -2.20. The van der Waals surface area contributed by atoms with Crippen molar-refractivity contribution in [2.75, 3.05) is 0 Å². The van der Waals surface area contributed by atoms with Gasteiger partial charge in [-0.3, -0.25) is 9.78 Å². The molecule has 0 spiro atoms. The van der Waals surface area contributed by atoms with Gasteiger partial charge in [0.2, 0.25) is 5.91 Å². The van der Waals surface area contributed by atoms with Crippen LogP contribution in [0.4, 0.5) is 4.39 Å². The largest absolute Gasteiger partial charge is 0.348 e.